The maximum Gasteiger partial charge on any atom is 0.238 e. The van der Waals surface area contributed by atoms with E-state index in [0.29, 0.717) is 13.1 Å². The molecule has 0 saturated heterocycles. The predicted molar refractivity (Wildman–Crippen MR) is 99.1 cm³/mol. The van der Waals surface area contributed by atoms with Crippen molar-refractivity contribution in [3.8, 4) is 12.1 Å². The van der Waals surface area contributed by atoms with Crippen molar-refractivity contribution >= 4 is 17.5 Å². The Kier molecular flexibility index (Phi) is 8.83. The number of anilines is 1. The van der Waals surface area contributed by atoms with E-state index in [1.54, 1.807) is 11.9 Å². The average Bonchev–Trinajstić information content (AvgIpc) is 2.58. The molecule has 1 aromatic rings. The number of benzene rings is 1. The Balaban J connectivity index is 2.57. The minimum Gasteiger partial charge on any atom is -0.340 e. The average molecular weight is 355 g/mol. The summed E-state index contributed by atoms with van der Waals surface area (Å²) in [6.07, 6.45) is 0.433. The number of aryl methyl sites for hydroxylation is 1. The molecule has 0 aliphatic heterocycles. The largest absolute Gasteiger partial charge is 0.340 e. The lowest BCUT2D eigenvalue weighted by atomic mass is 10.1. The van der Waals surface area contributed by atoms with E-state index >= 15 is 0 Å². The van der Waals surface area contributed by atoms with E-state index in [2.05, 4.69) is 5.32 Å². The second-order valence-corrected chi connectivity index (χ2v) is 6.16. The topological polar surface area (TPSA) is 100 Å². The van der Waals surface area contributed by atoms with Gasteiger partial charge in [-0.15, -0.1) is 0 Å². The summed E-state index contributed by atoms with van der Waals surface area (Å²) in [7, 11) is 1.69. The van der Waals surface area contributed by atoms with Gasteiger partial charge in [-0.3, -0.25) is 14.5 Å². The molecule has 7 nitrogen and oxygen atoms in total. The number of amides is 2. The first-order valence-corrected chi connectivity index (χ1v) is 8.45. The van der Waals surface area contributed by atoms with Crippen LogP contribution < -0.4 is 5.32 Å². The number of hydrogen-bond donors (Lipinski definition) is 1. The van der Waals surface area contributed by atoms with E-state index in [0.717, 1.165) is 16.8 Å². The van der Waals surface area contributed by atoms with Crippen LogP contribution >= 0.6 is 0 Å². The number of nitriles is 2. The Morgan fingerprint density at radius 3 is 2.27 bits per heavy atom. The van der Waals surface area contributed by atoms with E-state index in [4.69, 9.17) is 10.5 Å². The fraction of sp³-hybridized carbons (Fsp3) is 0.474. The summed E-state index contributed by atoms with van der Waals surface area (Å²) in [5, 5.41) is 20.2. The van der Waals surface area contributed by atoms with Gasteiger partial charge in [0.1, 0.15) is 0 Å². The van der Waals surface area contributed by atoms with Crippen LogP contribution in [0.1, 0.15) is 24.0 Å². The molecule has 1 aromatic carbocycles. The molecule has 0 spiro atoms. The zero-order valence-electron chi connectivity index (χ0n) is 15.6. The van der Waals surface area contributed by atoms with E-state index in [1.165, 1.54) is 4.90 Å². The van der Waals surface area contributed by atoms with Gasteiger partial charge in [-0.25, -0.2) is 0 Å². The minimum atomic E-state index is -0.199. The molecule has 0 unspecified atom stereocenters. The van der Waals surface area contributed by atoms with E-state index in [1.807, 2.05) is 44.2 Å². The molecule has 0 radical (unpaired) electrons. The number of nitrogens with one attached hydrogen (secondary N) is 1. The smallest absolute Gasteiger partial charge is 0.238 e. The summed E-state index contributed by atoms with van der Waals surface area (Å²) in [4.78, 5) is 27.7. The minimum absolute atomic E-state index is 0.0527. The molecule has 138 valence electrons. The Labute approximate surface area is 154 Å². The van der Waals surface area contributed by atoms with Crippen LogP contribution in [0.4, 0.5) is 5.69 Å². The fourth-order valence-corrected chi connectivity index (χ4v) is 2.44. The van der Waals surface area contributed by atoms with Gasteiger partial charge in [0.05, 0.1) is 38.1 Å². The fourth-order valence-electron chi connectivity index (χ4n) is 2.44. The molecule has 0 bridgehead atoms. The standard InChI is InChI=1S/C19H25N5O2/c1-15-7-4-8-17(16(15)2)22-18(25)13-23(3)14-19(26)24(11-5-9-20)12-6-10-21/h4,7-8H,5-6,11-14H2,1-3H3,(H,22,25). The van der Waals surface area contributed by atoms with Crippen LogP contribution in [-0.4, -0.2) is 54.8 Å². The van der Waals surface area contributed by atoms with Gasteiger partial charge < -0.3 is 10.2 Å². The van der Waals surface area contributed by atoms with Crippen LogP contribution in [0.5, 0.6) is 0 Å². The summed E-state index contributed by atoms with van der Waals surface area (Å²) >= 11 is 0. The molecule has 0 aromatic heterocycles. The normalized spacial score (nSPS) is 10.1. The van der Waals surface area contributed by atoms with Crippen LogP contribution in [0.2, 0.25) is 0 Å². The lowest BCUT2D eigenvalue weighted by molar-refractivity contribution is -0.132. The highest BCUT2D eigenvalue weighted by atomic mass is 16.2. The first-order chi connectivity index (χ1) is 12.4. The molecule has 0 aliphatic carbocycles. The highest BCUT2D eigenvalue weighted by Crippen LogP contribution is 2.17. The van der Waals surface area contributed by atoms with Crippen LogP contribution in [0.3, 0.4) is 0 Å². The third-order valence-electron chi connectivity index (χ3n) is 4.04. The summed E-state index contributed by atoms with van der Waals surface area (Å²) < 4.78 is 0. The van der Waals surface area contributed by atoms with Crippen LogP contribution in [-0.2, 0) is 9.59 Å². The van der Waals surface area contributed by atoms with Crippen molar-refractivity contribution in [2.75, 3.05) is 38.5 Å². The molecule has 2 amide bonds. The van der Waals surface area contributed by atoms with Gasteiger partial charge in [0.15, 0.2) is 0 Å². The lowest BCUT2D eigenvalue weighted by Crippen LogP contribution is -2.42. The Hall–Kier alpha value is -2.90. The van der Waals surface area contributed by atoms with Crippen LogP contribution in [0, 0.1) is 36.5 Å². The van der Waals surface area contributed by atoms with Crippen LogP contribution in [0.25, 0.3) is 0 Å². The van der Waals surface area contributed by atoms with E-state index in [-0.39, 0.29) is 37.7 Å². The molecule has 0 heterocycles. The van der Waals surface area contributed by atoms with Gasteiger partial charge in [0, 0.05) is 18.8 Å². The summed E-state index contributed by atoms with van der Waals surface area (Å²) in [6.45, 7) is 4.63. The summed E-state index contributed by atoms with van der Waals surface area (Å²) in [5.74, 6) is -0.396. The molecule has 26 heavy (non-hydrogen) atoms. The van der Waals surface area contributed by atoms with Crippen molar-refractivity contribution in [3.63, 3.8) is 0 Å². The van der Waals surface area contributed by atoms with Crippen molar-refractivity contribution < 1.29 is 9.59 Å². The van der Waals surface area contributed by atoms with Gasteiger partial charge in [-0.05, 0) is 38.1 Å². The van der Waals surface area contributed by atoms with Gasteiger partial charge >= 0.3 is 0 Å². The zero-order valence-corrected chi connectivity index (χ0v) is 15.6. The molecule has 0 atom stereocenters. The first kappa shape index (κ1) is 21.1. The van der Waals surface area contributed by atoms with Gasteiger partial charge in [0.25, 0.3) is 0 Å². The molecular formula is C19H25N5O2. The molecular weight excluding hydrogens is 330 g/mol. The molecule has 1 N–H and O–H groups in total. The Morgan fingerprint density at radius 2 is 1.69 bits per heavy atom. The second kappa shape index (κ2) is 10.9. The van der Waals surface area contributed by atoms with Crippen molar-refractivity contribution in [2.24, 2.45) is 0 Å². The SMILES string of the molecule is Cc1cccc(NC(=O)CN(C)CC(=O)N(CCC#N)CCC#N)c1C. The predicted octanol–water partition coefficient (Wildman–Crippen LogP) is 1.83. The zero-order chi connectivity index (χ0) is 19.5. The summed E-state index contributed by atoms with van der Waals surface area (Å²) in [5.41, 5.74) is 2.87. The monoisotopic (exact) mass is 355 g/mol. The number of likely N-dealkylation sites (N-methyl/N-ethyl adjacent to an activating group) is 1. The third kappa shape index (κ3) is 6.92. The molecule has 1 rings (SSSR count). The lowest BCUT2D eigenvalue weighted by Gasteiger charge is -2.24. The number of hydrogen-bond acceptors (Lipinski definition) is 5. The molecule has 7 heteroatoms. The Bertz CT molecular complexity index is 700. The number of carbonyl (C=O) groups is 2. The van der Waals surface area contributed by atoms with Gasteiger partial charge in [-0.1, -0.05) is 12.1 Å². The van der Waals surface area contributed by atoms with Crippen LogP contribution in [0.15, 0.2) is 18.2 Å². The second-order valence-electron chi connectivity index (χ2n) is 6.16. The van der Waals surface area contributed by atoms with E-state index < -0.39 is 0 Å². The highest BCUT2D eigenvalue weighted by molar-refractivity contribution is 5.93. The first-order valence-electron chi connectivity index (χ1n) is 8.45. The maximum atomic E-state index is 12.3. The Morgan fingerprint density at radius 1 is 1.08 bits per heavy atom. The van der Waals surface area contributed by atoms with Gasteiger partial charge in [0.2, 0.25) is 11.8 Å². The van der Waals surface area contributed by atoms with Gasteiger partial charge in [-0.2, -0.15) is 10.5 Å². The quantitative estimate of drug-likeness (QED) is 0.728. The number of carbonyl (C=O) groups excluding carboxylic acids is 2. The highest BCUT2D eigenvalue weighted by Gasteiger charge is 2.17. The number of rotatable bonds is 9. The molecule has 0 fully saturated rings. The van der Waals surface area contributed by atoms with Crippen molar-refractivity contribution in [2.45, 2.75) is 26.7 Å². The maximum absolute atomic E-state index is 12.3. The van der Waals surface area contributed by atoms with E-state index in [9.17, 15) is 9.59 Å². The number of nitrogens with zero attached hydrogens (tertiary/aromatic N) is 4. The molecule has 0 saturated carbocycles. The third-order valence-corrected chi connectivity index (χ3v) is 4.04. The summed E-state index contributed by atoms with van der Waals surface area (Å²) in [6, 6.07) is 9.70. The van der Waals surface area contributed by atoms with Crippen molar-refractivity contribution in [1.82, 2.24) is 9.80 Å². The van der Waals surface area contributed by atoms with Crippen molar-refractivity contribution in [1.29, 1.82) is 10.5 Å². The van der Waals surface area contributed by atoms with Crippen molar-refractivity contribution in [3.05, 3.63) is 29.3 Å². The molecule has 0 aliphatic rings.